The summed E-state index contributed by atoms with van der Waals surface area (Å²) in [6.45, 7) is 7.63. The van der Waals surface area contributed by atoms with Gasteiger partial charge in [0.15, 0.2) is 0 Å². The molecule has 2 atom stereocenters. The highest BCUT2D eigenvalue weighted by atomic mass is 16.4. The summed E-state index contributed by atoms with van der Waals surface area (Å²) in [5.74, 6) is -0.451. The third-order valence-electron chi connectivity index (χ3n) is 3.26. The molecular weight excluding hydrogens is 190 g/mol. The smallest absolute Gasteiger partial charge is 0.306 e. The van der Waals surface area contributed by atoms with Gasteiger partial charge in [-0.15, -0.1) is 0 Å². The first kappa shape index (κ1) is 12.2. The van der Waals surface area contributed by atoms with Gasteiger partial charge in [0.25, 0.3) is 0 Å². The largest absolute Gasteiger partial charge is 0.481 e. The lowest BCUT2D eigenvalue weighted by Gasteiger charge is -2.16. The molecule has 0 aliphatic heterocycles. The van der Waals surface area contributed by atoms with Crippen LogP contribution in [-0.2, 0) is 4.79 Å². The Hall–Kier alpha value is -0.830. The van der Waals surface area contributed by atoms with Gasteiger partial charge in [0.05, 0.1) is 5.92 Å². The average molecular weight is 211 g/mol. The van der Waals surface area contributed by atoms with Gasteiger partial charge in [-0.1, -0.05) is 25.5 Å². The molecule has 0 radical (unpaired) electrons. The van der Waals surface area contributed by atoms with Crippen molar-refractivity contribution in [3.05, 3.63) is 12.2 Å². The third kappa shape index (κ3) is 3.67. The molecule has 0 amide bonds. The molecule has 2 unspecified atom stereocenters. The Morgan fingerprint density at radius 1 is 1.53 bits per heavy atom. The van der Waals surface area contributed by atoms with E-state index in [0.717, 1.165) is 38.8 Å². The standard InChI is InChI=1S/C12H21NO2/c1-3-9(2)7-13-8-10-5-4-6-11(10)12(14)15/h10-11,13H,2-8H2,1H3,(H,14,15). The summed E-state index contributed by atoms with van der Waals surface area (Å²) in [7, 11) is 0. The molecule has 0 bridgehead atoms. The number of carboxylic acid groups (broad SMARTS) is 1. The molecule has 86 valence electrons. The molecule has 0 heterocycles. The number of carbonyl (C=O) groups is 1. The minimum Gasteiger partial charge on any atom is -0.481 e. The Labute approximate surface area is 91.6 Å². The van der Waals surface area contributed by atoms with E-state index in [2.05, 4.69) is 18.8 Å². The van der Waals surface area contributed by atoms with Gasteiger partial charge in [-0.3, -0.25) is 4.79 Å². The van der Waals surface area contributed by atoms with E-state index in [1.165, 1.54) is 5.57 Å². The molecule has 0 saturated heterocycles. The van der Waals surface area contributed by atoms with Gasteiger partial charge < -0.3 is 10.4 Å². The average Bonchev–Trinajstić information content (AvgIpc) is 2.65. The van der Waals surface area contributed by atoms with Crippen molar-refractivity contribution < 1.29 is 9.90 Å². The highest BCUT2D eigenvalue weighted by Gasteiger charge is 2.32. The van der Waals surface area contributed by atoms with Crippen LogP contribution in [0.3, 0.4) is 0 Å². The van der Waals surface area contributed by atoms with Crippen LogP contribution in [0.4, 0.5) is 0 Å². The molecule has 2 N–H and O–H groups in total. The molecule has 0 aromatic rings. The van der Waals surface area contributed by atoms with Gasteiger partial charge in [0.2, 0.25) is 0 Å². The minimum absolute atomic E-state index is 0.132. The van der Waals surface area contributed by atoms with E-state index in [0.29, 0.717) is 5.92 Å². The van der Waals surface area contributed by atoms with Crippen molar-refractivity contribution in [1.29, 1.82) is 0 Å². The predicted molar refractivity (Wildman–Crippen MR) is 60.8 cm³/mol. The van der Waals surface area contributed by atoms with Crippen molar-refractivity contribution in [3.63, 3.8) is 0 Å². The molecule has 1 aliphatic rings. The number of rotatable bonds is 6. The number of hydrogen-bond acceptors (Lipinski definition) is 2. The van der Waals surface area contributed by atoms with Crippen molar-refractivity contribution in [2.24, 2.45) is 11.8 Å². The van der Waals surface area contributed by atoms with E-state index in [9.17, 15) is 4.79 Å². The quantitative estimate of drug-likeness (QED) is 0.661. The van der Waals surface area contributed by atoms with Crippen LogP contribution in [-0.4, -0.2) is 24.2 Å². The second-order valence-corrected chi connectivity index (χ2v) is 4.37. The van der Waals surface area contributed by atoms with Crippen molar-refractivity contribution in [2.75, 3.05) is 13.1 Å². The van der Waals surface area contributed by atoms with Crippen LogP contribution in [0.15, 0.2) is 12.2 Å². The SMILES string of the molecule is C=C(CC)CNCC1CCCC1C(=O)O. The van der Waals surface area contributed by atoms with E-state index < -0.39 is 5.97 Å². The molecule has 1 saturated carbocycles. The highest BCUT2D eigenvalue weighted by molar-refractivity contribution is 5.70. The van der Waals surface area contributed by atoms with E-state index in [-0.39, 0.29) is 5.92 Å². The van der Waals surface area contributed by atoms with Crippen LogP contribution < -0.4 is 5.32 Å². The van der Waals surface area contributed by atoms with Crippen molar-refractivity contribution in [2.45, 2.75) is 32.6 Å². The fourth-order valence-electron chi connectivity index (χ4n) is 2.17. The van der Waals surface area contributed by atoms with Crippen LogP contribution in [0.1, 0.15) is 32.6 Å². The zero-order valence-corrected chi connectivity index (χ0v) is 9.46. The summed E-state index contributed by atoms with van der Waals surface area (Å²) in [5, 5.41) is 12.3. The Balaban J connectivity index is 2.26. The number of nitrogens with one attached hydrogen (secondary N) is 1. The molecule has 3 nitrogen and oxygen atoms in total. The predicted octanol–water partition coefficient (Wildman–Crippen LogP) is 2.04. The molecular formula is C12H21NO2. The molecule has 3 heteroatoms. The Kier molecular flexibility index (Phi) is 4.82. The van der Waals surface area contributed by atoms with Gasteiger partial charge in [-0.05, 0) is 31.7 Å². The summed E-state index contributed by atoms with van der Waals surface area (Å²) in [6.07, 6.45) is 3.93. The first-order valence-corrected chi connectivity index (χ1v) is 5.75. The molecule has 0 aromatic heterocycles. The maximum absolute atomic E-state index is 10.9. The van der Waals surface area contributed by atoms with Gasteiger partial charge in [0.1, 0.15) is 0 Å². The third-order valence-corrected chi connectivity index (χ3v) is 3.26. The lowest BCUT2D eigenvalue weighted by Crippen LogP contribution is -2.29. The van der Waals surface area contributed by atoms with Crippen LogP contribution in [0.5, 0.6) is 0 Å². The molecule has 1 rings (SSSR count). The number of hydrogen-bond donors (Lipinski definition) is 2. The Bertz CT molecular complexity index is 238. The number of aliphatic carboxylic acids is 1. The zero-order valence-electron chi connectivity index (χ0n) is 9.46. The van der Waals surface area contributed by atoms with Gasteiger partial charge >= 0.3 is 5.97 Å². The first-order valence-electron chi connectivity index (χ1n) is 5.75. The second-order valence-electron chi connectivity index (χ2n) is 4.37. The Morgan fingerprint density at radius 3 is 2.87 bits per heavy atom. The summed E-state index contributed by atoms with van der Waals surface area (Å²) >= 11 is 0. The monoisotopic (exact) mass is 211 g/mol. The van der Waals surface area contributed by atoms with Crippen LogP contribution >= 0.6 is 0 Å². The van der Waals surface area contributed by atoms with Crippen molar-refractivity contribution in [1.82, 2.24) is 5.32 Å². The lowest BCUT2D eigenvalue weighted by atomic mass is 9.96. The molecule has 1 aliphatic carbocycles. The molecule has 1 fully saturated rings. The van der Waals surface area contributed by atoms with Crippen LogP contribution in [0.2, 0.25) is 0 Å². The maximum Gasteiger partial charge on any atom is 0.306 e. The van der Waals surface area contributed by atoms with Crippen LogP contribution in [0, 0.1) is 11.8 Å². The van der Waals surface area contributed by atoms with Crippen molar-refractivity contribution >= 4 is 5.97 Å². The van der Waals surface area contributed by atoms with Crippen molar-refractivity contribution in [3.8, 4) is 0 Å². The first-order chi connectivity index (χ1) is 7.15. The molecule has 0 aromatic carbocycles. The normalized spacial score (nSPS) is 25.4. The summed E-state index contributed by atoms with van der Waals surface area (Å²) in [6, 6.07) is 0. The van der Waals surface area contributed by atoms with Crippen LogP contribution in [0.25, 0.3) is 0 Å². The van der Waals surface area contributed by atoms with E-state index in [1.54, 1.807) is 0 Å². The summed E-state index contributed by atoms with van der Waals surface area (Å²) < 4.78 is 0. The molecule has 15 heavy (non-hydrogen) atoms. The molecule has 0 spiro atoms. The second kappa shape index (κ2) is 5.91. The highest BCUT2D eigenvalue weighted by Crippen LogP contribution is 2.31. The van der Waals surface area contributed by atoms with E-state index in [1.807, 2.05) is 0 Å². The topological polar surface area (TPSA) is 49.3 Å². The van der Waals surface area contributed by atoms with Gasteiger partial charge in [-0.25, -0.2) is 0 Å². The fourth-order valence-corrected chi connectivity index (χ4v) is 2.17. The van der Waals surface area contributed by atoms with E-state index >= 15 is 0 Å². The van der Waals surface area contributed by atoms with Gasteiger partial charge in [-0.2, -0.15) is 0 Å². The van der Waals surface area contributed by atoms with Gasteiger partial charge in [0, 0.05) is 6.54 Å². The summed E-state index contributed by atoms with van der Waals surface area (Å²) in [5.41, 5.74) is 1.18. The Morgan fingerprint density at radius 2 is 2.27 bits per heavy atom. The van der Waals surface area contributed by atoms with E-state index in [4.69, 9.17) is 5.11 Å². The maximum atomic E-state index is 10.9. The lowest BCUT2D eigenvalue weighted by molar-refractivity contribution is -0.142. The number of carboxylic acids is 1. The zero-order chi connectivity index (χ0) is 11.3. The minimum atomic E-state index is -0.631. The summed E-state index contributed by atoms with van der Waals surface area (Å²) in [4.78, 5) is 10.9. The fraction of sp³-hybridized carbons (Fsp3) is 0.750.